The second kappa shape index (κ2) is 47.0. The molecule has 1 unspecified atom stereocenters. The molecule has 0 rings (SSSR count). The van der Waals surface area contributed by atoms with Crippen LogP contribution in [-0.4, -0.2) is 37.2 Å². The molecule has 0 aromatic carbocycles. The lowest BCUT2D eigenvalue weighted by Gasteiger charge is -2.18. The van der Waals surface area contributed by atoms with E-state index < -0.39 is 6.10 Å². The molecular formula is C53H86O6. The molecule has 0 aromatic heterocycles. The Hall–Kier alpha value is -3.67. The van der Waals surface area contributed by atoms with Crippen LogP contribution >= 0.6 is 0 Å². The van der Waals surface area contributed by atoms with E-state index in [9.17, 15) is 14.4 Å². The predicted octanol–water partition coefficient (Wildman–Crippen LogP) is 15.4. The van der Waals surface area contributed by atoms with Crippen molar-refractivity contribution in [2.24, 2.45) is 0 Å². The maximum atomic E-state index is 12.7. The molecule has 6 nitrogen and oxygen atoms in total. The Morgan fingerprint density at radius 3 is 1.14 bits per heavy atom. The summed E-state index contributed by atoms with van der Waals surface area (Å²) in [5.41, 5.74) is 0. The molecule has 59 heavy (non-hydrogen) atoms. The summed E-state index contributed by atoms with van der Waals surface area (Å²) in [7, 11) is 0. The van der Waals surface area contributed by atoms with Gasteiger partial charge in [-0.3, -0.25) is 14.4 Å². The van der Waals surface area contributed by atoms with Crippen molar-refractivity contribution in [1.82, 2.24) is 0 Å². The molecule has 0 N–H and O–H groups in total. The Balaban J connectivity index is 4.46. The Bertz CT molecular complexity index is 1220. The molecule has 0 aliphatic heterocycles. The van der Waals surface area contributed by atoms with Gasteiger partial charge in [0.2, 0.25) is 0 Å². The molecule has 0 radical (unpaired) electrons. The maximum absolute atomic E-state index is 12.7. The second-order valence-corrected chi connectivity index (χ2v) is 15.3. The van der Waals surface area contributed by atoms with Gasteiger partial charge in [0.05, 0.1) is 0 Å². The highest BCUT2D eigenvalue weighted by Gasteiger charge is 2.19. The Labute approximate surface area is 362 Å². The molecule has 0 saturated heterocycles. The van der Waals surface area contributed by atoms with Gasteiger partial charge in [-0.2, -0.15) is 0 Å². The zero-order chi connectivity index (χ0) is 43.0. The van der Waals surface area contributed by atoms with Gasteiger partial charge in [0.15, 0.2) is 6.10 Å². The molecular weight excluding hydrogens is 733 g/mol. The van der Waals surface area contributed by atoms with E-state index in [4.69, 9.17) is 14.2 Å². The van der Waals surface area contributed by atoms with E-state index >= 15 is 0 Å². The van der Waals surface area contributed by atoms with Crippen LogP contribution in [0.15, 0.2) is 97.2 Å². The van der Waals surface area contributed by atoms with E-state index in [0.717, 1.165) is 148 Å². The van der Waals surface area contributed by atoms with Gasteiger partial charge < -0.3 is 14.2 Å². The zero-order valence-corrected chi connectivity index (χ0v) is 38.0. The van der Waals surface area contributed by atoms with Crippen LogP contribution in [0.1, 0.15) is 201 Å². The number of esters is 3. The van der Waals surface area contributed by atoms with E-state index in [1.807, 2.05) is 6.08 Å². The molecule has 0 aliphatic carbocycles. The Morgan fingerprint density at radius 1 is 0.356 bits per heavy atom. The van der Waals surface area contributed by atoms with Crippen molar-refractivity contribution in [1.29, 1.82) is 0 Å². The number of allylic oxidation sites excluding steroid dienone is 16. The summed E-state index contributed by atoms with van der Waals surface area (Å²) in [4.78, 5) is 37.8. The quantitative estimate of drug-likeness (QED) is 0.0201. The van der Waals surface area contributed by atoms with Gasteiger partial charge in [0.1, 0.15) is 13.2 Å². The van der Waals surface area contributed by atoms with Crippen molar-refractivity contribution in [3.63, 3.8) is 0 Å². The molecule has 0 spiro atoms. The van der Waals surface area contributed by atoms with Gasteiger partial charge in [-0.05, 0) is 96.3 Å². The Kier molecular flexibility index (Phi) is 44.1. The van der Waals surface area contributed by atoms with Crippen molar-refractivity contribution in [2.75, 3.05) is 13.2 Å². The summed E-state index contributed by atoms with van der Waals surface area (Å²) >= 11 is 0. The van der Waals surface area contributed by atoms with Crippen LogP contribution in [0.5, 0.6) is 0 Å². The highest BCUT2D eigenvalue weighted by Crippen LogP contribution is 2.13. The predicted molar refractivity (Wildman–Crippen MR) is 251 cm³/mol. The average Bonchev–Trinajstić information content (AvgIpc) is 3.23. The van der Waals surface area contributed by atoms with E-state index in [2.05, 4.69) is 112 Å². The first-order valence-electron chi connectivity index (χ1n) is 23.8. The van der Waals surface area contributed by atoms with Crippen molar-refractivity contribution >= 4 is 17.9 Å². The van der Waals surface area contributed by atoms with E-state index in [0.29, 0.717) is 19.3 Å². The number of rotatable bonds is 41. The Morgan fingerprint density at radius 2 is 0.695 bits per heavy atom. The van der Waals surface area contributed by atoms with Crippen LogP contribution in [0, 0.1) is 0 Å². The minimum absolute atomic E-state index is 0.0992. The molecule has 0 heterocycles. The molecule has 0 amide bonds. The first-order chi connectivity index (χ1) is 29.0. The largest absolute Gasteiger partial charge is 0.462 e. The molecule has 0 fully saturated rings. The lowest BCUT2D eigenvalue weighted by atomic mass is 10.1. The van der Waals surface area contributed by atoms with Gasteiger partial charge in [0, 0.05) is 19.3 Å². The topological polar surface area (TPSA) is 78.9 Å². The number of hydrogen-bond donors (Lipinski definition) is 0. The summed E-state index contributed by atoms with van der Waals surface area (Å²) in [6.45, 7) is 6.22. The van der Waals surface area contributed by atoms with Crippen LogP contribution in [0.2, 0.25) is 0 Å². The number of hydrogen-bond acceptors (Lipinski definition) is 6. The van der Waals surface area contributed by atoms with Crippen molar-refractivity contribution < 1.29 is 28.6 Å². The fourth-order valence-electron chi connectivity index (χ4n) is 6.14. The van der Waals surface area contributed by atoms with Gasteiger partial charge >= 0.3 is 17.9 Å². The second-order valence-electron chi connectivity index (χ2n) is 15.3. The third kappa shape index (κ3) is 45.3. The first-order valence-corrected chi connectivity index (χ1v) is 23.8. The fourth-order valence-corrected chi connectivity index (χ4v) is 6.14. The van der Waals surface area contributed by atoms with E-state index in [-0.39, 0.29) is 31.1 Å². The minimum atomic E-state index is -0.799. The highest BCUT2D eigenvalue weighted by atomic mass is 16.6. The summed E-state index contributed by atoms with van der Waals surface area (Å²) in [6, 6.07) is 0. The zero-order valence-electron chi connectivity index (χ0n) is 38.0. The van der Waals surface area contributed by atoms with Crippen molar-refractivity contribution in [3.8, 4) is 0 Å². The highest BCUT2D eigenvalue weighted by molar-refractivity contribution is 5.71. The molecule has 0 saturated carbocycles. The monoisotopic (exact) mass is 819 g/mol. The molecule has 0 bridgehead atoms. The first kappa shape index (κ1) is 55.3. The fraction of sp³-hybridized carbons (Fsp3) is 0.642. The smallest absolute Gasteiger partial charge is 0.306 e. The summed E-state index contributed by atoms with van der Waals surface area (Å²) < 4.78 is 16.7. The molecule has 1 atom stereocenters. The minimum Gasteiger partial charge on any atom is -0.462 e. The molecule has 0 aromatic rings. The molecule has 334 valence electrons. The van der Waals surface area contributed by atoms with Gasteiger partial charge in [-0.1, -0.05) is 182 Å². The van der Waals surface area contributed by atoms with Crippen molar-refractivity contribution in [2.45, 2.75) is 207 Å². The number of ether oxygens (including phenoxy) is 3. The van der Waals surface area contributed by atoms with E-state index in [1.165, 1.54) is 12.8 Å². The maximum Gasteiger partial charge on any atom is 0.306 e. The van der Waals surface area contributed by atoms with Gasteiger partial charge in [-0.15, -0.1) is 0 Å². The van der Waals surface area contributed by atoms with Gasteiger partial charge in [-0.25, -0.2) is 0 Å². The van der Waals surface area contributed by atoms with Crippen LogP contribution in [0.3, 0.4) is 0 Å². The normalized spacial score (nSPS) is 12.9. The molecule has 6 heteroatoms. The lowest BCUT2D eigenvalue weighted by Crippen LogP contribution is -2.30. The SMILES string of the molecule is CC\C=C/C=C\C=C/CCCCCCCC(=O)OC(COC(=O)CCCCCCC/C=C\C/C=C\CC)COC(=O)CCCCCCCC/C=C\C/C=C\C/C=C\CC. The van der Waals surface area contributed by atoms with Crippen molar-refractivity contribution in [3.05, 3.63) is 97.2 Å². The number of carbonyl (C=O) groups is 3. The molecule has 0 aliphatic rings. The van der Waals surface area contributed by atoms with Crippen LogP contribution in [0.4, 0.5) is 0 Å². The lowest BCUT2D eigenvalue weighted by molar-refractivity contribution is -0.167. The third-order valence-electron chi connectivity index (χ3n) is 9.63. The van der Waals surface area contributed by atoms with Crippen LogP contribution in [-0.2, 0) is 28.6 Å². The van der Waals surface area contributed by atoms with Crippen LogP contribution in [0.25, 0.3) is 0 Å². The number of unbranched alkanes of at least 4 members (excludes halogenated alkanes) is 16. The van der Waals surface area contributed by atoms with Crippen LogP contribution < -0.4 is 0 Å². The summed E-state index contributed by atoms with van der Waals surface area (Å²) in [5, 5.41) is 0. The van der Waals surface area contributed by atoms with E-state index in [1.54, 1.807) is 0 Å². The average molecular weight is 819 g/mol. The summed E-state index contributed by atoms with van der Waals surface area (Å²) in [6.07, 6.45) is 61.0. The standard InChI is InChI=1S/C53H86O6/c1-4-7-10-13-16-19-22-25-26-27-29-31-34-37-40-43-46-52(55)58-49-50(48-57-51(54)45-42-39-36-33-30-24-21-18-15-12-9-6-3)59-53(56)47-44-41-38-35-32-28-23-20-17-14-11-8-5-2/h7-12,14,16-21,23,25-26,50H,4-6,13,15,22,24,27-49H2,1-3H3/b10-7-,11-8-,12-9-,17-14-,19-16-,21-18-,23-20-,26-25-. The third-order valence-corrected chi connectivity index (χ3v) is 9.63. The van der Waals surface area contributed by atoms with Gasteiger partial charge in [0.25, 0.3) is 0 Å². The summed E-state index contributed by atoms with van der Waals surface area (Å²) in [5.74, 6) is -0.955. The number of carbonyl (C=O) groups excluding carboxylic acids is 3.